The normalized spacial score (nSPS) is 14.5. The molecule has 0 aliphatic rings. The van der Waals surface area contributed by atoms with E-state index in [1.807, 2.05) is 25.5 Å². The lowest BCUT2D eigenvalue weighted by Crippen LogP contribution is -2.24. The molecule has 0 aliphatic carbocycles. The first kappa shape index (κ1) is 11.9. The van der Waals surface area contributed by atoms with E-state index in [0.717, 1.165) is 5.82 Å². The van der Waals surface area contributed by atoms with Gasteiger partial charge in [-0.2, -0.15) is 0 Å². The van der Waals surface area contributed by atoms with Crippen molar-refractivity contribution in [2.75, 3.05) is 0 Å². The molecule has 1 aromatic heterocycles. The maximum absolute atomic E-state index is 4.36. The average molecular weight is 229 g/mol. The molecule has 0 spiro atoms. The van der Waals surface area contributed by atoms with Gasteiger partial charge in [0.05, 0.1) is 6.04 Å². The quantitative estimate of drug-likeness (QED) is 0.873. The van der Waals surface area contributed by atoms with Crippen molar-refractivity contribution >= 4 is 0 Å². The molecule has 0 fully saturated rings. The van der Waals surface area contributed by atoms with Crippen LogP contribution >= 0.6 is 0 Å². The Morgan fingerprint density at radius 1 is 1.12 bits per heavy atom. The standard InChI is InChI=1S/C14H19N3/c1-11(13-7-5-4-6-8-13)16-12(2)14-15-9-10-17(14)3/h4-12,16H,1-3H3. The first-order chi connectivity index (χ1) is 8.18. The van der Waals surface area contributed by atoms with E-state index in [1.54, 1.807) is 0 Å². The maximum atomic E-state index is 4.36. The van der Waals surface area contributed by atoms with E-state index in [4.69, 9.17) is 0 Å². The number of imidazole rings is 1. The van der Waals surface area contributed by atoms with Gasteiger partial charge in [0.2, 0.25) is 0 Å². The Kier molecular flexibility index (Phi) is 3.59. The molecule has 0 aliphatic heterocycles. The summed E-state index contributed by atoms with van der Waals surface area (Å²) in [5, 5.41) is 3.56. The number of hydrogen-bond acceptors (Lipinski definition) is 2. The van der Waals surface area contributed by atoms with E-state index in [1.165, 1.54) is 5.56 Å². The molecule has 2 aromatic rings. The van der Waals surface area contributed by atoms with Crippen LogP contribution in [0.2, 0.25) is 0 Å². The van der Waals surface area contributed by atoms with E-state index in [2.05, 4.69) is 53.0 Å². The Morgan fingerprint density at radius 2 is 1.82 bits per heavy atom. The molecular formula is C14H19N3. The first-order valence-electron chi connectivity index (χ1n) is 5.96. The van der Waals surface area contributed by atoms with Crippen molar-refractivity contribution in [1.82, 2.24) is 14.9 Å². The summed E-state index contributed by atoms with van der Waals surface area (Å²) < 4.78 is 2.05. The molecule has 1 N–H and O–H groups in total. The Morgan fingerprint density at radius 3 is 2.41 bits per heavy atom. The summed E-state index contributed by atoms with van der Waals surface area (Å²) in [5.74, 6) is 1.06. The zero-order valence-electron chi connectivity index (χ0n) is 10.6. The van der Waals surface area contributed by atoms with Gasteiger partial charge in [-0.3, -0.25) is 0 Å². The summed E-state index contributed by atoms with van der Waals surface area (Å²) in [7, 11) is 2.02. The van der Waals surface area contributed by atoms with Crippen molar-refractivity contribution in [3.8, 4) is 0 Å². The van der Waals surface area contributed by atoms with Crippen LogP contribution in [-0.2, 0) is 7.05 Å². The molecule has 0 bridgehead atoms. The second-order valence-electron chi connectivity index (χ2n) is 4.42. The summed E-state index contributed by atoms with van der Waals surface area (Å²) in [6, 6.07) is 11.0. The second kappa shape index (κ2) is 5.15. The van der Waals surface area contributed by atoms with Crippen molar-refractivity contribution in [1.29, 1.82) is 0 Å². The lowest BCUT2D eigenvalue weighted by atomic mass is 10.1. The monoisotopic (exact) mass is 229 g/mol. The third-order valence-electron chi connectivity index (χ3n) is 3.05. The highest BCUT2D eigenvalue weighted by Crippen LogP contribution is 2.17. The number of aryl methyl sites for hydroxylation is 1. The third-order valence-corrected chi connectivity index (χ3v) is 3.05. The number of hydrogen-bond donors (Lipinski definition) is 1. The molecule has 1 heterocycles. The molecular weight excluding hydrogens is 210 g/mol. The van der Waals surface area contributed by atoms with Crippen LogP contribution in [0.5, 0.6) is 0 Å². The summed E-state index contributed by atoms with van der Waals surface area (Å²) in [6.07, 6.45) is 3.81. The molecule has 90 valence electrons. The fourth-order valence-electron chi connectivity index (χ4n) is 2.08. The SMILES string of the molecule is CC(NC(C)c1nccn1C)c1ccccc1. The number of benzene rings is 1. The topological polar surface area (TPSA) is 29.9 Å². The number of rotatable bonds is 4. The molecule has 2 rings (SSSR count). The lowest BCUT2D eigenvalue weighted by molar-refractivity contribution is 0.467. The van der Waals surface area contributed by atoms with Gasteiger partial charge in [0.25, 0.3) is 0 Å². The van der Waals surface area contributed by atoms with Gasteiger partial charge in [0.1, 0.15) is 5.82 Å². The van der Waals surface area contributed by atoms with E-state index in [9.17, 15) is 0 Å². The average Bonchev–Trinajstić information content (AvgIpc) is 2.76. The molecule has 0 saturated carbocycles. The van der Waals surface area contributed by atoms with E-state index < -0.39 is 0 Å². The number of aromatic nitrogens is 2. The molecule has 17 heavy (non-hydrogen) atoms. The minimum atomic E-state index is 0.241. The van der Waals surface area contributed by atoms with E-state index in [-0.39, 0.29) is 6.04 Å². The molecule has 0 saturated heterocycles. The molecule has 3 heteroatoms. The van der Waals surface area contributed by atoms with Gasteiger partial charge in [-0.25, -0.2) is 4.98 Å². The Labute approximate surface area is 103 Å². The van der Waals surface area contributed by atoms with Gasteiger partial charge < -0.3 is 9.88 Å². The van der Waals surface area contributed by atoms with Crippen LogP contribution in [-0.4, -0.2) is 9.55 Å². The summed E-state index contributed by atoms with van der Waals surface area (Å²) in [4.78, 5) is 4.36. The van der Waals surface area contributed by atoms with Gasteiger partial charge in [-0.1, -0.05) is 30.3 Å². The highest BCUT2D eigenvalue weighted by Gasteiger charge is 2.13. The number of nitrogens with zero attached hydrogens (tertiary/aromatic N) is 2. The Hall–Kier alpha value is -1.61. The highest BCUT2D eigenvalue weighted by atomic mass is 15.1. The fourth-order valence-corrected chi connectivity index (χ4v) is 2.08. The van der Waals surface area contributed by atoms with Crippen molar-refractivity contribution in [2.24, 2.45) is 7.05 Å². The molecule has 2 unspecified atom stereocenters. The fraction of sp³-hybridized carbons (Fsp3) is 0.357. The highest BCUT2D eigenvalue weighted by molar-refractivity contribution is 5.18. The van der Waals surface area contributed by atoms with Gasteiger partial charge in [-0.05, 0) is 19.4 Å². The van der Waals surface area contributed by atoms with Gasteiger partial charge in [0, 0.05) is 25.5 Å². The Balaban J connectivity index is 2.05. The van der Waals surface area contributed by atoms with Crippen molar-refractivity contribution in [2.45, 2.75) is 25.9 Å². The van der Waals surface area contributed by atoms with Crippen LogP contribution in [0.4, 0.5) is 0 Å². The van der Waals surface area contributed by atoms with Crippen LogP contribution in [0.3, 0.4) is 0 Å². The largest absolute Gasteiger partial charge is 0.337 e. The molecule has 2 atom stereocenters. The zero-order valence-corrected chi connectivity index (χ0v) is 10.6. The molecule has 0 radical (unpaired) electrons. The van der Waals surface area contributed by atoms with Crippen LogP contribution in [0.1, 0.15) is 37.3 Å². The van der Waals surface area contributed by atoms with Gasteiger partial charge >= 0.3 is 0 Å². The predicted molar refractivity (Wildman–Crippen MR) is 69.6 cm³/mol. The van der Waals surface area contributed by atoms with E-state index in [0.29, 0.717) is 6.04 Å². The molecule has 3 nitrogen and oxygen atoms in total. The Bertz CT molecular complexity index is 461. The van der Waals surface area contributed by atoms with Crippen molar-refractivity contribution in [3.05, 3.63) is 54.1 Å². The van der Waals surface area contributed by atoms with Crippen molar-refractivity contribution < 1.29 is 0 Å². The van der Waals surface area contributed by atoms with Crippen LogP contribution < -0.4 is 5.32 Å². The van der Waals surface area contributed by atoms with E-state index >= 15 is 0 Å². The number of nitrogens with one attached hydrogen (secondary N) is 1. The second-order valence-corrected chi connectivity index (χ2v) is 4.42. The maximum Gasteiger partial charge on any atom is 0.125 e. The minimum absolute atomic E-state index is 0.241. The smallest absolute Gasteiger partial charge is 0.125 e. The molecule has 0 amide bonds. The zero-order chi connectivity index (χ0) is 12.3. The van der Waals surface area contributed by atoms with Gasteiger partial charge in [-0.15, -0.1) is 0 Å². The first-order valence-corrected chi connectivity index (χ1v) is 5.96. The summed E-state index contributed by atoms with van der Waals surface area (Å²) in [5.41, 5.74) is 1.30. The van der Waals surface area contributed by atoms with Crippen LogP contribution in [0, 0.1) is 0 Å². The molecule has 1 aromatic carbocycles. The summed E-state index contributed by atoms with van der Waals surface area (Å²) in [6.45, 7) is 4.32. The summed E-state index contributed by atoms with van der Waals surface area (Å²) >= 11 is 0. The van der Waals surface area contributed by atoms with Crippen LogP contribution in [0.25, 0.3) is 0 Å². The predicted octanol–water partition coefficient (Wildman–Crippen LogP) is 2.83. The lowest BCUT2D eigenvalue weighted by Gasteiger charge is -2.20. The van der Waals surface area contributed by atoms with Gasteiger partial charge in [0.15, 0.2) is 0 Å². The third kappa shape index (κ3) is 2.74. The van der Waals surface area contributed by atoms with Crippen molar-refractivity contribution in [3.63, 3.8) is 0 Å². The van der Waals surface area contributed by atoms with Crippen LogP contribution in [0.15, 0.2) is 42.7 Å². The minimum Gasteiger partial charge on any atom is -0.337 e.